The third-order valence-electron chi connectivity index (χ3n) is 4.61. The number of aromatic amines is 1. The van der Waals surface area contributed by atoms with Crippen LogP contribution in [0.25, 0.3) is 0 Å². The van der Waals surface area contributed by atoms with E-state index in [1.165, 1.54) is 10.8 Å². The number of aromatic nitrogens is 2. The molecule has 5 atom stereocenters. The first-order valence-corrected chi connectivity index (χ1v) is 8.35. The van der Waals surface area contributed by atoms with Crippen molar-refractivity contribution in [3.05, 3.63) is 45.3 Å². The second-order valence-corrected chi connectivity index (χ2v) is 6.44. The second kappa shape index (κ2) is 7.92. The molecule has 1 unspecified atom stereocenters. The average molecular weight is 338 g/mol. The number of ether oxygens (including phenoxy) is 1. The number of allylic oxidation sites excluding steroid dienone is 1. The van der Waals surface area contributed by atoms with E-state index in [4.69, 9.17) is 4.74 Å². The minimum absolute atomic E-state index is 0.150. The maximum atomic E-state index is 12.1. The number of aliphatic hydroxyl groups is 2. The lowest BCUT2D eigenvalue weighted by molar-refractivity contribution is -0.00534. The Morgan fingerprint density at radius 3 is 2.75 bits per heavy atom. The van der Waals surface area contributed by atoms with Gasteiger partial charge in [0.2, 0.25) is 0 Å². The highest BCUT2D eigenvalue weighted by atomic mass is 16.5. The van der Waals surface area contributed by atoms with E-state index in [1.807, 2.05) is 13.8 Å². The Bertz CT molecular complexity index is 680. The van der Waals surface area contributed by atoms with Crippen molar-refractivity contribution in [3.63, 3.8) is 0 Å². The molecule has 0 aliphatic carbocycles. The van der Waals surface area contributed by atoms with Crippen LogP contribution in [0, 0.1) is 5.92 Å². The van der Waals surface area contributed by atoms with Gasteiger partial charge in [0.15, 0.2) is 0 Å². The summed E-state index contributed by atoms with van der Waals surface area (Å²) in [5.41, 5.74) is -0.970. The normalized spacial score (nSPS) is 28.0. The fourth-order valence-corrected chi connectivity index (χ4v) is 2.89. The fourth-order valence-electron chi connectivity index (χ4n) is 2.89. The Kier molecular flexibility index (Phi) is 6.15. The standard InChI is InChI=1S/C17H26N2O5/c1-4-6-7-19-9-11(16(22)18-17(19)23)15-14(21)13(20)12(24-15)8-10(3)5-2/h4,9-10,12-15,20-21H,1,5-8H2,2-3H3,(H,18,22,23)/t10?,12-,13-,14-,15+/m1/s1. The molecule has 134 valence electrons. The van der Waals surface area contributed by atoms with E-state index in [9.17, 15) is 19.8 Å². The highest BCUT2D eigenvalue weighted by Gasteiger charge is 2.44. The Hall–Kier alpha value is -1.70. The largest absolute Gasteiger partial charge is 0.388 e. The van der Waals surface area contributed by atoms with Gasteiger partial charge < -0.3 is 14.9 Å². The van der Waals surface area contributed by atoms with E-state index in [0.29, 0.717) is 25.3 Å². The summed E-state index contributed by atoms with van der Waals surface area (Å²) in [7, 11) is 0. The smallest absolute Gasteiger partial charge is 0.328 e. The summed E-state index contributed by atoms with van der Waals surface area (Å²) in [5, 5.41) is 20.5. The Morgan fingerprint density at radius 2 is 2.12 bits per heavy atom. The van der Waals surface area contributed by atoms with Crippen molar-refractivity contribution in [2.45, 2.75) is 64.1 Å². The molecule has 1 fully saturated rings. The third-order valence-corrected chi connectivity index (χ3v) is 4.61. The Morgan fingerprint density at radius 1 is 1.42 bits per heavy atom. The van der Waals surface area contributed by atoms with Gasteiger partial charge in [0.25, 0.3) is 5.56 Å². The van der Waals surface area contributed by atoms with Crippen LogP contribution in [0.4, 0.5) is 0 Å². The van der Waals surface area contributed by atoms with Gasteiger partial charge in [-0.25, -0.2) is 4.79 Å². The number of H-pyrrole nitrogens is 1. The number of hydrogen-bond donors (Lipinski definition) is 3. The molecule has 24 heavy (non-hydrogen) atoms. The molecule has 7 heteroatoms. The van der Waals surface area contributed by atoms with Gasteiger partial charge in [-0.15, -0.1) is 6.58 Å². The maximum absolute atomic E-state index is 12.1. The number of nitrogens with one attached hydrogen (secondary N) is 1. The van der Waals surface area contributed by atoms with Gasteiger partial charge in [-0.1, -0.05) is 26.3 Å². The fraction of sp³-hybridized carbons (Fsp3) is 0.647. The minimum atomic E-state index is -1.20. The van der Waals surface area contributed by atoms with Crippen molar-refractivity contribution in [2.24, 2.45) is 5.92 Å². The summed E-state index contributed by atoms with van der Waals surface area (Å²) in [4.78, 5) is 26.2. The van der Waals surface area contributed by atoms with Crippen LogP contribution in [-0.4, -0.2) is 38.1 Å². The summed E-state index contributed by atoms with van der Waals surface area (Å²) in [6, 6.07) is 0. The zero-order valence-corrected chi connectivity index (χ0v) is 14.1. The molecule has 0 aromatic carbocycles. The number of hydrogen-bond acceptors (Lipinski definition) is 5. The molecule has 1 aromatic rings. The lowest BCUT2D eigenvalue weighted by Gasteiger charge is -2.18. The second-order valence-electron chi connectivity index (χ2n) is 6.44. The summed E-state index contributed by atoms with van der Waals surface area (Å²) in [6.45, 7) is 8.06. The van der Waals surface area contributed by atoms with Crippen molar-refractivity contribution < 1.29 is 14.9 Å². The minimum Gasteiger partial charge on any atom is -0.388 e. The molecular formula is C17H26N2O5. The van der Waals surface area contributed by atoms with E-state index in [0.717, 1.165) is 6.42 Å². The number of aliphatic hydroxyl groups excluding tert-OH is 2. The molecule has 3 N–H and O–H groups in total. The van der Waals surface area contributed by atoms with Crippen LogP contribution in [0.2, 0.25) is 0 Å². The van der Waals surface area contributed by atoms with Crippen LogP contribution in [-0.2, 0) is 11.3 Å². The molecule has 2 rings (SSSR count). The van der Waals surface area contributed by atoms with Gasteiger partial charge >= 0.3 is 5.69 Å². The average Bonchev–Trinajstić information content (AvgIpc) is 2.82. The predicted molar refractivity (Wildman–Crippen MR) is 89.8 cm³/mol. The molecule has 0 bridgehead atoms. The summed E-state index contributed by atoms with van der Waals surface area (Å²) in [6.07, 6.45) is 1.42. The van der Waals surface area contributed by atoms with Crippen LogP contribution in [0.3, 0.4) is 0 Å². The highest BCUT2D eigenvalue weighted by Crippen LogP contribution is 2.34. The van der Waals surface area contributed by atoms with Crippen LogP contribution >= 0.6 is 0 Å². The molecular weight excluding hydrogens is 312 g/mol. The van der Waals surface area contributed by atoms with E-state index in [1.54, 1.807) is 6.08 Å². The first-order valence-electron chi connectivity index (χ1n) is 8.35. The van der Waals surface area contributed by atoms with E-state index in [2.05, 4.69) is 11.6 Å². The molecule has 1 saturated heterocycles. The van der Waals surface area contributed by atoms with Crippen molar-refractivity contribution >= 4 is 0 Å². The molecule has 2 heterocycles. The quantitative estimate of drug-likeness (QED) is 0.635. The lowest BCUT2D eigenvalue weighted by atomic mass is 9.96. The molecule has 0 radical (unpaired) electrons. The van der Waals surface area contributed by atoms with Crippen molar-refractivity contribution in [1.29, 1.82) is 0 Å². The van der Waals surface area contributed by atoms with Gasteiger partial charge in [-0.2, -0.15) is 0 Å². The van der Waals surface area contributed by atoms with Crippen molar-refractivity contribution in [2.75, 3.05) is 0 Å². The molecule has 1 aliphatic rings. The first-order chi connectivity index (χ1) is 11.4. The third kappa shape index (κ3) is 3.85. The molecule has 0 spiro atoms. The van der Waals surface area contributed by atoms with Gasteiger partial charge in [0.1, 0.15) is 18.3 Å². The number of rotatable bonds is 7. The monoisotopic (exact) mass is 338 g/mol. The maximum Gasteiger partial charge on any atom is 0.328 e. The summed E-state index contributed by atoms with van der Waals surface area (Å²) in [5.74, 6) is 0.329. The van der Waals surface area contributed by atoms with Crippen molar-refractivity contribution in [1.82, 2.24) is 9.55 Å². The van der Waals surface area contributed by atoms with Crippen LogP contribution in [0.15, 0.2) is 28.4 Å². The summed E-state index contributed by atoms with van der Waals surface area (Å²) >= 11 is 0. The van der Waals surface area contributed by atoms with Gasteiger partial charge in [-0.3, -0.25) is 14.3 Å². The Labute approximate surface area is 140 Å². The molecule has 1 aliphatic heterocycles. The Balaban J connectivity index is 2.29. The zero-order chi connectivity index (χ0) is 17.9. The van der Waals surface area contributed by atoms with E-state index < -0.39 is 35.7 Å². The highest BCUT2D eigenvalue weighted by molar-refractivity contribution is 5.14. The zero-order valence-electron chi connectivity index (χ0n) is 14.1. The van der Waals surface area contributed by atoms with Gasteiger partial charge in [-0.05, 0) is 18.8 Å². The van der Waals surface area contributed by atoms with Crippen LogP contribution < -0.4 is 11.2 Å². The number of nitrogens with zero attached hydrogens (tertiary/aromatic N) is 1. The first kappa shape index (κ1) is 18.6. The molecule has 1 aromatic heterocycles. The predicted octanol–water partition coefficient (Wildman–Crippen LogP) is 0.711. The van der Waals surface area contributed by atoms with E-state index in [-0.39, 0.29) is 5.56 Å². The van der Waals surface area contributed by atoms with Crippen LogP contribution in [0.1, 0.15) is 44.8 Å². The topological polar surface area (TPSA) is 105 Å². The molecule has 7 nitrogen and oxygen atoms in total. The molecule has 0 saturated carbocycles. The number of aryl methyl sites for hydroxylation is 1. The lowest BCUT2D eigenvalue weighted by Crippen LogP contribution is -2.36. The van der Waals surface area contributed by atoms with Crippen molar-refractivity contribution in [3.8, 4) is 0 Å². The molecule has 0 amide bonds. The van der Waals surface area contributed by atoms with E-state index >= 15 is 0 Å². The van der Waals surface area contributed by atoms with Gasteiger partial charge in [0, 0.05) is 12.7 Å². The van der Waals surface area contributed by atoms with Gasteiger partial charge in [0.05, 0.1) is 11.7 Å². The summed E-state index contributed by atoms with van der Waals surface area (Å²) < 4.78 is 7.12. The van der Waals surface area contributed by atoms with Crippen LogP contribution in [0.5, 0.6) is 0 Å². The SMILES string of the molecule is C=CCCn1cc([C@@H]2O[C@H](CC(C)CC)[C@@H](O)[C@H]2O)c(=O)[nH]c1=O.